The zero-order valence-electron chi connectivity index (χ0n) is 6.73. The van der Waals surface area contributed by atoms with Crippen LogP contribution in [0.25, 0.3) is 0 Å². The molecule has 0 heterocycles. The largest absolute Gasteiger partial charge is 0.362 e. The van der Waals surface area contributed by atoms with Crippen LogP contribution in [0.4, 0.5) is 0 Å². The molecule has 0 bridgehead atoms. The Kier molecular flexibility index (Phi) is 4.66. The Balaban J connectivity index is 4.29. The van der Waals surface area contributed by atoms with Gasteiger partial charge in [0, 0.05) is 27.3 Å². The summed E-state index contributed by atoms with van der Waals surface area (Å²) < 4.78 is -1.80. The summed E-state index contributed by atoms with van der Waals surface area (Å²) >= 11 is 2.72. The first kappa shape index (κ1) is 11.8. The van der Waals surface area contributed by atoms with E-state index in [-0.39, 0.29) is 6.42 Å². The number of nitrogens with zero attached hydrogens (tertiary/aromatic N) is 1. The lowest BCUT2D eigenvalue weighted by Crippen LogP contribution is -2.43. The van der Waals surface area contributed by atoms with Crippen molar-refractivity contribution in [1.82, 2.24) is 0 Å². The van der Waals surface area contributed by atoms with Gasteiger partial charge in [0.2, 0.25) is 6.29 Å². The molecular weight excluding hydrogens is 230 g/mol. The van der Waals surface area contributed by atoms with Gasteiger partial charge in [-0.15, -0.1) is 0 Å². The topological polar surface area (TPSA) is 83.6 Å². The van der Waals surface area contributed by atoms with Crippen molar-refractivity contribution in [3.63, 3.8) is 0 Å². The normalized spacial score (nSPS) is 16.1. The molecule has 1 atom stereocenters. The second-order valence-corrected chi connectivity index (χ2v) is 3.93. The molecular formula is C6H12BrNO4. The Bertz CT molecular complexity index is 164. The van der Waals surface area contributed by atoms with Crippen molar-refractivity contribution in [2.75, 3.05) is 0 Å². The minimum Gasteiger partial charge on any atom is -0.362 e. The predicted octanol–water partition coefficient (Wildman–Crippen LogP) is 0.855. The van der Waals surface area contributed by atoms with Crippen LogP contribution in [-0.2, 0) is 0 Å². The number of alkyl halides is 1. The highest BCUT2D eigenvalue weighted by molar-refractivity contribution is 9.10. The first-order chi connectivity index (χ1) is 5.45. The fourth-order valence-corrected chi connectivity index (χ4v) is 1.02. The van der Waals surface area contributed by atoms with Crippen molar-refractivity contribution in [2.24, 2.45) is 0 Å². The number of hydrogen-bond acceptors (Lipinski definition) is 4. The molecule has 0 spiro atoms. The van der Waals surface area contributed by atoms with Crippen molar-refractivity contribution in [3.05, 3.63) is 10.1 Å². The van der Waals surface area contributed by atoms with Gasteiger partial charge < -0.3 is 10.2 Å². The molecule has 2 N–H and O–H groups in total. The lowest BCUT2D eigenvalue weighted by molar-refractivity contribution is -0.560. The molecule has 0 aromatic heterocycles. The smallest absolute Gasteiger partial charge is 0.323 e. The van der Waals surface area contributed by atoms with E-state index in [2.05, 4.69) is 15.9 Å². The van der Waals surface area contributed by atoms with Crippen LogP contribution in [0.15, 0.2) is 0 Å². The fourth-order valence-electron chi connectivity index (χ4n) is 0.739. The Hall–Kier alpha value is -0.200. The van der Waals surface area contributed by atoms with Gasteiger partial charge in [-0.2, -0.15) is 0 Å². The van der Waals surface area contributed by atoms with E-state index in [9.17, 15) is 10.1 Å². The third kappa shape index (κ3) is 2.69. The molecule has 0 saturated heterocycles. The summed E-state index contributed by atoms with van der Waals surface area (Å²) in [7, 11) is 0. The van der Waals surface area contributed by atoms with Gasteiger partial charge in [0.15, 0.2) is 0 Å². The van der Waals surface area contributed by atoms with E-state index < -0.39 is 15.7 Å². The third-order valence-electron chi connectivity index (χ3n) is 1.58. The van der Waals surface area contributed by atoms with Crippen LogP contribution in [0.5, 0.6) is 0 Å². The zero-order chi connectivity index (χ0) is 9.78. The average Bonchev–Trinajstić information content (AvgIpc) is 1.99. The Morgan fingerprint density at radius 3 is 2.42 bits per heavy atom. The number of unbranched alkanes of at least 4 members (excludes halogenated alkanes) is 1. The molecule has 1 unspecified atom stereocenters. The quantitative estimate of drug-likeness (QED) is 0.246. The first-order valence-corrected chi connectivity index (χ1v) is 4.44. The summed E-state index contributed by atoms with van der Waals surface area (Å²) in [4.78, 5) is 9.69. The van der Waals surface area contributed by atoms with Gasteiger partial charge in [-0.25, -0.2) is 0 Å². The van der Waals surface area contributed by atoms with Crippen molar-refractivity contribution < 1.29 is 15.1 Å². The van der Waals surface area contributed by atoms with Crippen LogP contribution in [0.3, 0.4) is 0 Å². The highest BCUT2D eigenvalue weighted by Crippen LogP contribution is 2.28. The molecule has 0 aromatic carbocycles. The van der Waals surface area contributed by atoms with E-state index in [4.69, 9.17) is 10.2 Å². The van der Waals surface area contributed by atoms with E-state index in [0.29, 0.717) is 6.42 Å². The number of rotatable bonds is 5. The van der Waals surface area contributed by atoms with Crippen LogP contribution >= 0.6 is 15.9 Å². The number of nitro groups is 1. The first-order valence-electron chi connectivity index (χ1n) is 3.64. The molecule has 0 radical (unpaired) electrons. The van der Waals surface area contributed by atoms with Crippen molar-refractivity contribution >= 4 is 15.9 Å². The fraction of sp³-hybridized carbons (Fsp3) is 1.00. The molecule has 0 saturated carbocycles. The van der Waals surface area contributed by atoms with Crippen LogP contribution in [-0.4, -0.2) is 25.9 Å². The summed E-state index contributed by atoms with van der Waals surface area (Å²) in [6.07, 6.45) is -0.523. The van der Waals surface area contributed by atoms with Gasteiger partial charge in [-0.05, 0) is 6.42 Å². The van der Waals surface area contributed by atoms with Crippen LogP contribution in [0.1, 0.15) is 26.2 Å². The minimum absolute atomic E-state index is 0.105. The number of aliphatic hydroxyl groups is 2. The molecule has 0 amide bonds. The highest BCUT2D eigenvalue weighted by atomic mass is 79.9. The molecule has 0 aliphatic carbocycles. The van der Waals surface area contributed by atoms with Gasteiger partial charge in [0.1, 0.15) is 0 Å². The maximum atomic E-state index is 10.4. The maximum absolute atomic E-state index is 10.4. The molecule has 0 rings (SSSR count). The summed E-state index contributed by atoms with van der Waals surface area (Å²) in [5.74, 6) is 0. The van der Waals surface area contributed by atoms with Crippen molar-refractivity contribution in [3.8, 4) is 0 Å². The van der Waals surface area contributed by atoms with Crippen LogP contribution in [0, 0.1) is 10.1 Å². The maximum Gasteiger partial charge on any atom is 0.323 e. The zero-order valence-corrected chi connectivity index (χ0v) is 8.32. The van der Waals surface area contributed by atoms with Crippen LogP contribution in [0.2, 0.25) is 0 Å². The number of hydrogen-bond donors (Lipinski definition) is 2. The standard InChI is InChI=1S/C6H12BrNO4/c1-2-3-4-6(7,5(9)10)8(11)12/h5,9-10H,2-4H2,1H3. The van der Waals surface area contributed by atoms with E-state index >= 15 is 0 Å². The summed E-state index contributed by atoms with van der Waals surface area (Å²) in [6.45, 7) is 1.87. The van der Waals surface area contributed by atoms with Crippen molar-refractivity contribution in [1.29, 1.82) is 0 Å². The molecule has 0 aliphatic heterocycles. The Morgan fingerprint density at radius 1 is 1.67 bits per heavy atom. The van der Waals surface area contributed by atoms with Gasteiger partial charge in [0.05, 0.1) is 0 Å². The second-order valence-electron chi connectivity index (χ2n) is 2.55. The number of halogens is 1. The minimum atomic E-state index is -1.97. The second kappa shape index (κ2) is 4.74. The molecule has 0 fully saturated rings. The van der Waals surface area contributed by atoms with Gasteiger partial charge in [0.25, 0.3) is 0 Å². The van der Waals surface area contributed by atoms with Crippen molar-refractivity contribution in [2.45, 2.75) is 36.9 Å². The molecule has 72 valence electrons. The SMILES string of the molecule is CCCCC(Br)(C(O)O)[N+](=O)[O-]. The summed E-state index contributed by atoms with van der Waals surface area (Å²) in [5, 5.41) is 27.9. The monoisotopic (exact) mass is 241 g/mol. The molecule has 6 heteroatoms. The molecule has 12 heavy (non-hydrogen) atoms. The third-order valence-corrected chi connectivity index (χ3v) is 2.68. The Morgan fingerprint density at radius 2 is 2.17 bits per heavy atom. The van der Waals surface area contributed by atoms with E-state index in [1.165, 1.54) is 0 Å². The van der Waals surface area contributed by atoms with Crippen LogP contribution < -0.4 is 0 Å². The highest BCUT2D eigenvalue weighted by Gasteiger charge is 2.46. The summed E-state index contributed by atoms with van der Waals surface area (Å²) in [6, 6.07) is 0. The van der Waals surface area contributed by atoms with E-state index in [1.807, 2.05) is 6.92 Å². The lowest BCUT2D eigenvalue weighted by atomic mass is 10.1. The molecule has 0 aromatic rings. The molecule has 5 nitrogen and oxygen atoms in total. The predicted molar refractivity (Wildman–Crippen MR) is 46.4 cm³/mol. The summed E-state index contributed by atoms with van der Waals surface area (Å²) in [5.41, 5.74) is 0. The molecule has 0 aliphatic rings. The van der Waals surface area contributed by atoms with E-state index in [0.717, 1.165) is 6.42 Å². The van der Waals surface area contributed by atoms with Gasteiger partial charge in [-0.1, -0.05) is 13.3 Å². The lowest BCUT2D eigenvalue weighted by Gasteiger charge is -2.19. The van der Waals surface area contributed by atoms with E-state index in [1.54, 1.807) is 0 Å². The Labute approximate surface area is 78.7 Å². The number of aliphatic hydroxyl groups excluding tert-OH is 1. The average molecular weight is 242 g/mol. The van der Waals surface area contributed by atoms with Gasteiger partial charge in [-0.3, -0.25) is 10.1 Å². The van der Waals surface area contributed by atoms with Gasteiger partial charge >= 0.3 is 4.45 Å².